The van der Waals surface area contributed by atoms with Gasteiger partial charge < -0.3 is 20.1 Å². The lowest BCUT2D eigenvalue weighted by atomic mass is 10.00. The van der Waals surface area contributed by atoms with Gasteiger partial charge in [0.2, 0.25) is 15.9 Å². The first-order valence-corrected chi connectivity index (χ1v) is 10.8. The van der Waals surface area contributed by atoms with Crippen molar-refractivity contribution in [3.63, 3.8) is 0 Å². The van der Waals surface area contributed by atoms with E-state index < -0.39 is 16.1 Å². The van der Waals surface area contributed by atoms with Gasteiger partial charge in [-0.25, -0.2) is 8.42 Å². The minimum Gasteiger partial charge on any atom is -0.490 e. The van der Waals surface area contributed by atoms with Gasteiger partial charge in [-0.3, -0.25) is 4.79 Å². The number of sulfonamides is 1. The van der Waals surface area contributed by atoms with E-state index in [0.29, 0.717) is 37.2 Å². The third-order valence-electron chi connectivity index (χ3n) is 4.72. The van der Waals surface area contributed by atoms with Gasteiger partial charge in [0.15, 0.2) is 11.5 Å². The molecule has 0 bridgehead atoms. The summed E-state index contributed by atoms with van der Waals surface area (Å²) >= 11 is 0. The molecule has 0 aliphatic carbocycles. The van der Waals surface area contributed by atoms with Gasteiger partial charge in [-0.1, -0.05) is 0 Å². The van der Waals surface area contributed by atoms with E-state index in [2.05, 4.69) is 15.4 Å². The fourth-order valence-electron chi connectivity index (χ4n) is 3.16. The topological polar surface area (TPSA) is 106 Å². The van der Waals surface area contributed by atoms with Crippen molar-refractivity contribution in [3.05, 3.63) is 18.2 Å². The van der Waals surface area contributed by atoms with Crippen molar-refractivity contribution in [2.24, 2.45) is 5.92 Å². The first-order chi connectivity index (χ1) is 13.0. The average Bonchev–Trinajstić information content (AvgIpc) is 2.91. The third kappa shape index (κ3) is 5.33. The molecule has 2 aliphatic heterocycles. The minimum absolute atomic E-state index is 0.0443. The molecule has 2 unspecified atom stereocenters. The van der Waals surface area contributed by atoms with Crippen molar-refractivity contribution in [2.45, 2.75) is 37.1 Å². The first-order valence-electron chi connectivity index (χ1n) is 9.36. The molecule has 1 aromatic carbocycles. The molecule has 0 radical (unpaired) electrons. The van der Waals surface area contributed by atoms with Gasteiger partial charge in [-0.15, -0.1) is 0 Å². The molecule has 9 heteroatoms. The van der Waals surface area contributed by atoms with Crippen molar-refractivity contribution in [1.82, 2.24) is 15.4 Å². The summed E-state index contributed by atoms with van der Waals surface area (Å²) in [5.74, 6) is 0.974. The summed E-state index contributed by atoms with van der Waals surface area (Å²) in [5.41, 5.74) is 0. The van der Waals surface area contributed by atoms with Crippen LogP contribution in [-0.2, 0) is 14.8 Å². The van der Waals surface area contributed by atoms with Gasteiger partial charge in [0, 0.05) is 19.0 Å². The molecule has 3 N–H and O–H groups in total. The van der Waals surface area contributed by atoms with Crippen LogP contribution >= 0.6 is 0 Å². The molecule has 2 atom stereocenters. The molecule has 1 fully saturated rings. The molecule has 3 rings (SSSR count). The zero-order valence-corrected chi connectivity index (χ0v) is 16.3. The van der Waals surface area contributed by atoms with Crippen LogP contribution < -0.4 is 24.8 Å². The number of hydrogen-bond donors (Lipinski definition) is 3. The van der Waals surface area contributed by atoms with E-state index in [4.69, 9.17) is 9.47 Å². The van der Waals surface area contributed by atoms with E-state index in [9.17, 15) is 13.2 Å². The zero-order chi connectivity index (χ0) is 19.3. The Hall–Kier alpha value is -1.84. The van der Waals surface area contributed by atoms with Gasteiger partial charge in [0.25, 0.3) is 0 Å². The van der Waals surface area contributed by atoms with Gasteiger partial charge in [0.05, 0.1) is 24.2 Å². The maximum Gasteiger partial charge on any atom is 0.241 e. The predicted octanol–water partition coefficient (Wildman–Crippen LogP) is 0.631. The summed E-state index contributed by atoms with van der Waals surface area (Å²) in [6.45, 7) is 4.97. The largest absolute Gasteiger partial charge is 0.490 e. The van der Waals surface area contributed by atoms with Gasteiger partial charge in [0.1, 0.15) is 0 Å². The number of piperidine rings is 1. The van der Waals surface area contributed by atoms with E-state index in [1.165, 1.54) is 19.1 Å². The molecule has 1 amide bonds. The van der Waals surface area contributed by atoms with Crippen LogP contribution in [0.25, 0.3) is 0 Å². The Morgan fingerprint density at radius 2 is 2.04 bits per heavy atom. The van der Waals surface area contributed by atoms with Crippen molar-refractivity contribution in [2.75, 3.05) is 32.8 Å². The van der Waals surface area contributed by atoms with Crippen molar-refractivity contribution in [1.29, 1.82) is 0 Å². The molecule has 2 heterocycles. The molecule has 1 saturated heterocycles. The fourth-order valence-corrected chi connectivity index (χ4v) is 4.38. The Morgan fingerprint density at radius 3 is 2.78 bits per heavy atom. The smallest absolute Gasteiger partial charge is 0.241 e. The highest BCUT2D eigenvalue weighted by molar-refractivity contribution is 7.89. The minimum atomic E-state index is -3.85. The van der Waals surface area contributed by atoms with E-state index in [-0.39, 0.29) is 10.8 Å². The number of fused-ring (bicyclic) bond motifs is 1. The predicted molar refractivity (Wildman–Crippen MR) is 100 cm³/mol. The maximum absolute atomic E-state index is 12.6. The van der Waals surface area contributed by atoms with Crippen LogP contribution in [0, 0.1) is 5.92 Å². The summed E-state index contributed by atoms with van der Waals surface area (Å²) in [5, 5.41) is 6.13. The van der Waals surface area contributed by atoms with Crippen molar-refractivity contribution >= 4 is 15.9 Å². The molecule has 1 aromatic rings. The second kappa shape index (κ2) is 8.90. The summed E-state index contributed by atoms with van der Waals surface area (Å²) in [6, 6.07) is 3.59. The van der Waals surface area contributed by atoms with Crippen LogP contribution in [-0.4, -0.2) is 53.2 Å². The molecular formula is C18H27N3O5S. The van der Waals surface area contributed by atoms with Crippen LogP contribution in [0.4, 0.5) is 0 Å². The Kier molecular flexibility index (Phi) is 6.56. The van der Waals surface area contributed by atoms with Crippen LogP contribution in [0.3, 0.4) is 0 Å². The lowest BCUT2D eigenvalue weighted by Gasteiger charge is -2.23. The summed E-state index contributed by atoms with van der Waals surface area (Å²) < 4.78 is 38.7. The van der Waals surface area contributed by atoms with Gasteiger partial charge in [-0.05, 0) is 50.9 Å². The van der Waals surface area contributed by atoms with Crippen LogP contribution in [0.5, 0.6) is 11.5 Å². The second-order valence-corrected chi connectivity index (χ2v) is 8.67. The Bertz CT molecular complexity index is 762. The second-order valence-electron chi connectivity index (χ2n) is 6.96. The molecule has 0 spiro atoms. The standard InChI is InChI=1S/C18H27N3O5S/c1-13(18(22)20-12-14-4-2-7-19-11-14)21-27(23,24)15-5-6-16-17(10-15)26-9-3-8-25-16/h5-6,10,13-14,19,21H,2-4,7-9,11-12H2,1H3,(H,20,22). The third-order valence-corrected chi connectivity index (χ3v) is 6.26. The van der Waals surface area contributed by atoms with E-state index in [1.807, 2.05) is 0 Å². The van der Waals surface area contributed by atoms with Crippen LogP contribution in [0.1, 0.15) is 26.2 Å². The number of amides is 1. The zero-order valence-electron chi connectivity index (χ0n) is 15.5. The Balaban J connectivity index is 1.59. The number of nitrogens with one attached hydrogen (secondary N) is 3. The van der Waals surface area contributed by atoms with Crippen molar-refractivity contribution in [3.8, 4) is 11.5 Å². The highest BCUT2D eigenvalue weighted by atomic mass is 32.2. The molecule has 2 aliphatic rings. The average molecular weight is 397 g/mol. The van der Waals surface area contributed by atoms with Crippen LogP contribution in [0.2, 0.25) is 0 Å². The van der Waals surface area contributed by atoms with E-state index in [0.717, 1.165) is 32.4 Å². The van der Waals surface area contributed by atoms with Crippen LogP contribution in [0.15, 0.2) is 23.1 Å². The molecule has 150 valence electrons. The molecule has 0 aromatic heterocycles. The number of carbonyl (C=O) groups is 1. The van der Waals surface area contributed by atoms with E-state index in [1.54, 1.807) is 6.07 Å². The molecule has 27 heavy (non-hydrogen) atoms. The Labute approximate surface area is 160 Å². The molecular weight excluding hydrogens is 370 g/mol. The quantitative estimate of drug-likeness (QED) is 0.650. The highest BCUT2D eigenvalue weighted by Gasteiger charge is 2.24. The lowest BCUT2D eigenvalue weighted by Crippen LogP contribution is -2.47. The van der Waals surface area contributed by atoms with Gasteiger partial charge in [-0.2, -0.15) is 4.72 Å². The lowest BCUT2D eigenvalue weighted by molar-refractivity contribution is -0.122. The maximum atomic E-state index is 12.6. The Morgan fingerprint density at radius 1 is 1.26 bits per heavy atom. The summed E-state index contributed by atoms with van der Waals surface area (Å²) in [6.07, 6.45) is 2.89. The first kappa shape index (κ1) is 19.9. The fraction of sp³-hybridized carbons (Fsp3) is 0.611. The monoisotopic (exact) mass is 397 g/mol. The van der Waals surface area contributed by atoms with E-state index >= 15 is 0 Å². The number of ether oxygens (including phenoxy) is 2. The highest BCUT2D eigenvalue weighted by Crippen LogP contribution is 2.31. The molecule has 8 nitrogen and oxygen atoms in total. The SMILES string of the molecule is CC(NS(=O)(=O)c1ccc2c(c1)OCCCO2)C(=O)NCC1CCCNC1. The van der Waals surface area contributed by atoms with Gasteiger partial charge >= 0.3 is 0 Å². The summed E-state index contributed by atoms with van der Waals surface area (Å²) in [4.78, 5) is 12.3. The summed E-state index contributed by atoms with van der Waals surface area (Å²) in [7, 11) is -3.85. The number of hydrogen-bond acceptors (Lipinski definition) is 6. The van der Waals surface area contributed by atoms with Crippen molar-refractivity contribution < 1.29 is 22.7 Å². The number of rotatable bonds is 6. The number of carbonyl (C=O) groups excluding carboxylic acids is 1. The molecule has 0 saturated carbocycles. The number of benzene rings is 1. The normalized spacial score (nSPS) is 21.1.